The summed E-state index contributed by atoms with van der Waals surface area (Å²) < 4.78 is 0. The molecule has 30 heavy (non-hydrogen) atoms. The van der Waals surface area contributed by atoms with Gasteiger partial charge in [-0.05, 0) is 12.1 Å². The van der Waals surface area contributed by atoms with Crippen molar-refractivity contribution in [3.63, 3.8) is 0 Å². The van der Waals surface area contributed by atoms with E-state index >= 15 is 0 Å². The van der Waals surface area contributed by atoms with Gasteiger partial charge in [0.2, 0.25) is 0 Å². The summed E-state index contributed by atoms with van der Waals surface area (Å²) in [7, 11) is 0. The van der Waals surface area contributed by atoms with Crippen molar-refractivity contribution in [1.82, 2.24) is 15.2 Å². The number of nitrogens with one attached hydrogen (secondary N) is 2. The van der Waals surface area contributed by atoms with E-state index in [9.17, 15) is 9.90 Å². The lowest BCUT2D eigenvalue weighted by Crippen LogP contribution is -2.47. The Morgan fingerprint density at radius 3 is 2.77 bits per heavy atom. The fraction of sp³-hybridized carbons (Fsp3) is 0.227. The minimum absolute atomic E-state index is 0.0207. The lowest BCUT2D eigenvalue weighted by molar-refractivity contribution is -0.136. The van der Waals surface area contributed by atoms with Crippen LogP contribution in [0.3, 0.4) is 0 Å². The summed E-state index contributed by atoms with van der Waals surface area (Å²) >= 11 is 0. The van der Waals surface area contributed by atoms with Crippen LogP contribution < -0.4 is 5.32 Å². The molecule has 0 unspecified atom stereocenters. The van der Waals surface area contributed by atoms with E-state index in [1.807, 2.05) is 48.5 Å². The van der Waals surface area contributed by atoms with Gasteiger partial charge in [0.25, 0.3) is 5.91 Å². The number of carbonyl (C=O) groups is 1. The molecule has 3 aromatic rings. The van der Waals surface area contributed by atoms with Crippen LogP contribution in [0.15, 0.2) is 58.7 Å². The predicted molar refractivity (Wildman–Crippen MR) is 115 cm³/mol. The molecule has 0 atom stereocenters. The molecule has 1 saturated heterocycles. The van der Waals surface area contributed by atoms with Crippen molar-refractivity contribution in [3.05, 3.63) is 59.7 Å². The summed E-state index contributed by atoms with van der Waals surface area (Å²) in [4.78, 5) is 27.3. The number of hydrogen-bond donors (Lipinski definition) is 3. The Labute approximate surface area is 172 Å². The Kier molecular flexibility index (Phi) is 4.68. The van der Waals surface area contributed by atoms with E-state index in [0.717, 1.165) is 35.2 Å². The Hall–Kier alpha value is -3.65. The Morgan fingerprint density at radius 2 is 1.90 bits per heavy atom. The van der Waals surface area contributed by atoms with Crippen LogP contribution in [0.2, 0.25) is 0 Å². The van der Waals surface area contributed by atoms with Crippen LogP contribution in [0.5, 0.6) is 5.88 Å². The molecule has 5 rings (SSSR count). The molecule has 2 aromatic carbocycles. The van der Waals surface area contributed by atoms with E-state index in [0.29, 0.717) is 30.1 Å². The molecule has 0 aliphatic carbocycles. The number of aliphatic imine (C=N–C) groups is 1. The highest BCUT2D eigenvalue weighted by atomic mass is 16.6. The zero-order chi connectivity index (χ0) is 20.5. The Morgan fingerprint density at radius 1 is 1.13 bits per heavy atom. The number of carbonyl (C=O) groups excluding carboxylic acids is 1. The first-order chi connectivity index (χ1) is 14.7. The van der Waals surface area contributed by atoms with E-state index in [2.05, 4.69) is 15.5 Å². The second kappa shape index (κ2) is 7.64. The largest absolute Gasteiger partial charge is 0.494 e. The molecular formula is C22H21N5O3. The van der Waals surface area contributed by atoms with Crippen LogP contribution in [0.4, 0.5) is 5.69 Å². The maximum atomic E-state index is 12.4. The number of aromatic amines is 1. The number of nitrogens with zero attached hydrogens (tertiary/aromatic N) is 3. The van der Waals surface area contributed by atoms with Gasteiger partial charge in [0.15, 0.2) is 12.5 Å². The molecule has 8 nitrogen and oxygen atoms in total. The number of para-hydroxylation sites is 2. The van der Waals surface area contributed by atoms with Crippen molar-refractivity contribution < 1.29 is 14.7 Å². The number of oxime groups is 1. The van der Waals surface area contributed by atoms with Gasteiger partial charge in [-0.3, -0.25) is 4.79 Å². The molecule has 0 bridgehead atoms. The van der Waals surface area contributed by atoms with Crippen LogP contribution in [-0.2, 0) is 9.63 Å². The van der Waals surface area contributed by atoms with E-state index in [1.165, 1.54) is 0 Å². The van der Waals surface area contributed by atoms with Gasteiger partial charge in [-0.25, -0.2) is 4.99 Å². The smallest absolute Gasteiger partial charge is 0.263 e. The fourth-order valence-electron chi connectivity index (χ4n) is 3.86. The van der Waals surface area contributed by atoms with Gasteiger partial charge in [0.05, 0.1) is 11.3 Å². The summed E-state index contributed by atoms with van der Waals surface area (Å²) in [6, 6.07) is 15.2. The zero-order valence-corrected chi connectivity index (χ0v) is 16.3. The molecule has 0 saturated carbocycles. The van der Waals surface area contributed by atoms with Gasteiger partial charge in [-0.1, -0.05) is 41.6 Å². The van der Waals surface area contributed by atoms with Gasteiger partial charge in [-0.2, -0.15) is 0 Å². The molecule has 0 spiro atoms. The molecule has 152 valence electrons. The van der Waals surface area contributed by atoms with Gasteiger partial charge in [0.1, 0.15) is 11.4 Å². The summed E-state index contributed by atoms with van der Waals surface area (Å²) in [6.07, 6.45) is 0. The molecule has 3 N–H and O–H groups in total. The maximum Gasteiger partial charge on any atom is 0.263 e. The third kappa shape index (κ3) is 3.21. The quantitative estimate of drug-likeness (QED) is 0.581. The number of H-pyrrole nitrogens is 1. The monoisotopic (exact) mass is 403 g/mol. The molecule has 8 heteroatoms. The Balaban J connectivity index is 1.47. The topological polar surface area (TPSA) is 102 Å². The number of aromatic nitrogens is 1. The van der Waals surface area contributed by atoms with Crippen molar-refractivity contribution >= 4 is 33.9 Å². The van der Waals surface area contributed by atoms with Gasteiger partial charge in [0, 0.05) is 42.6 Å². The minimum atomic E-state index is -0.140. The van der Waals surface area contributed by atoms with Crippen molar-refractivity contribution in [2.75, 3.05) is 32.8 Å². The second-order valence-electron chi connectivity index (χ2n) is 7.22. The third-order valence-electron chi connectivity index (χ3n) is 5.35. The first kappa shape index (κ1) is 18.4. The van der Waals surface area contributed by atoms with E-state index < -0.39 is 0 Å². The molecular weight excluding hydrogens is 382 g/mol. The van der Waals surface area contributed by atoms with E-state index in [1.54, 1.807) is 4.90 Å². The molecule has 1 amide bonds. The van der Waals surface area contributed by atoms with E-state index in [-0.39, 0.29) is 18.4 Å². The van der Waals surface area contributed by atoms with Crippen molar-refractivity contribution in [2.24, 2.45) is 10.1 Å². The van der Waals surface area contributed by atoms with Gasteiger partial charge >= 0.3 is 0 Å². The molecule has 3 heterocycles. The van der Waals surface area contributed by atoms with Crippen molar-refractivity contribution in [2.45, 2.75) is 0 Å². The van der Waals surface area contributed by atoms with Crippen LogP contribution in [0.25, 0.3) is 10.9 Å². The average Bonchev–Trinajstić information content (AvgIpc) is 3.30. The number of fused-ring (bicyclic) bond motifs is 2. The van der Waals surface area contributed by atoms with E-state index in [4.69, 9.17) is 9.83 Å². The number of rotatable bonds is 4. The minimum Gasteiger partial charge on any atom is -0.494 e. The lowest BCUT2D eigenvalue weighted by Gasteiger charge is -2.26. The highest BCUT2D eigenvalue weighted by molar-refractivity contribution is 6.58. The predicted octanol–water partition coefficient (Wildman–Crippen LogP) is 2.16. The Bertz CT molecular complexity index is 1170. The van der Waals surface area contributed by atoms with Crippen molar-refractivity contribution in [1.29, 1.82) is 0 Å². The maximum absolute atomic E-state index is 12.4. The van der Waals surface area contributed by atoms with Crippen LogP contribution >= 0.6 is 0 Å². The summed E-state index contributed by atoms with van der Waals surface area (Å²) in [5.41, 5.74) is 3.93. The number of piperazine rings is 1. The third-order valence-corrected chi connectivity index (χ3v) is 5.35. The summed E-state index contributed by atoms with van der Waals surface area (Å²) in [6.45, 7) is 2.75. The standard InChI is InChI=1S/C22H21N5O3/c28-18(27-11-9-23-10-12-27)13-30-26-20-15-6-2-4-8-17(15)24-21(20)19-14-5-1-3-7-16(14)25-22(19)29/h1-8,23,25,29H,9-13H2/b26-20+. The van der Waals surface area contributed by atoms with Crippen LogP contribution in [0, 0.1) is 0 Å². The highest BCUT2D eigenvalue weighted by Crippen LogP contribution is 2.35. The van der Waals surface area contributed by atoms with Crippen LogP contribution in [0.1, 0.15) is 11.1 Å². The first-order valence-electron chi connectivity index (χ1n) is 9.89. The second-order valence-corrected chi connectivity index (χ2v) is 7.22. The fourth-order valence-corrected chi connectivity index (χ4v) is 3.86. The number of aromatic hydroxyl groups is 1. The van der Waals surface area contributed by atoms with Crippen LogP contribution in [-0.4, -0.2) is 65.1 Å². The lowest BCUT2D eigenvalue weighted by atomic mass is 10.0. The normalized spacial score (nSPS) is 17.3. The molecule has 2 aliphatic heterocycles. The molecule has 2 aliphatic rings. The zero-order valence-electron chi connectivity index (χ0n) is 16.3. The van der Waals surface area contributed by atoms with Crippen molar-refractivity contribution in [3.8, 4) is 5.88 Å². The van der Waals surface area contributed by atoms with Gasteiger partial charge in [-0.15, -0.1) is 0 Å². The van der Waals surface area contributed by atoms with Gasteiger partial charge < -0.3 is 25.1 Å². The molecule has 1 aromatic heterocycles. The number of amides is 1. The average molecular weight is 403 g/mol. The number of hydrogen-bond acceptors (Lipinski definition) is 6. The SMILES string of the molecule is O=C(CO/N=C1/C(c2c(O)[nH]c3ccccc23)=Nc2ccccc21)N1CCNCC1. The molecule has 1 fully saturated rings. The summed E-state index contributed by atoms with van der Waals surface area (Å²) in [5, 5.41) is 18.9. The summed E-state index contributed by atoms with van der Waals surface area (Å²) in [5.74, 6) is -0.0760. The number of benzene rings is 2. The molecule has 0 radical (unpaired) electrons. The highest BCUT2D eigenvalue weighted by Gasteiger charge is 2.29. The first-order valence-corrected chi connectivity index (χ1v) is 9.89.